The van der Waals surface area contributed by atoms with Gasteiger partial charge in [-0.3, -0.25) is 4.98 Å². The Kier molecular flexibility index (Phi) is 3.61. The van der Waals surface area contributed by atoms with Gasteiger partial charge in [0, 0.05) is 18.4 Å². The summed E-state index contributed by atoms with van der Waals surface area (Å²) in [6.07, 6.45) is 6.26. The third-order valence-corrected chi connectivity index (χ3v) is 4.29. The van der Waals surface area contributed by atoms with Gasteiger partial charge in [-0.2, -0.15) is 0 Å². The van der Waals surface area contributed by atoms with Gasteiger partial charge < -0.3 is 14.7 Å². The Bertz CT molecular complexity index is 516. The molecular weight excluding hydrogens is 256 g/mol. The minimum absolute atomic E-state index is 0.243. The molecule has 2 atom stereocenters. The number of aromatic carboxylic acids is 1. The molecule has 2 fully saturated rings. The van der Waals surface area contributed by atoms with Crippen LogP contribution in [0.15, 0.2) is 12.3 Å². The van der Waals surface area contributed by atoms with Gasteiger partial charge in [0.05, 0.1) is 24.4 Å². The molecule has 0 spiro atoms. The van der Waals surface area contributed by atoms with Crippen LogP contribution in [0.25, 0.3) is 0 Å². The highest BCUT2D eigenvalue weighted by molar-refractivity contribution is 5.94. The fraction of sp³-hybridized carbons (Fsp3) is 0.600. The summed E-state index contributed by atoms with van der Waals surface area (Å²) in [6.45, 7) is 3.32. The number of carbonyl (C=O) groups is 1. The number of rotatable bonds is 2. The maximum absolute atomic E-state index is 11.4. The van der Waals surface area contributed by atoms with Crippen molar-refractivity contribution in [3.8, 4) is 0 Å². The van der Waals surface area contributed by atoms with Crippen molar-refractivity contribution in [3.63, 3.8) is 0 Å². The first kappa shape index (κ1) is 13.4. The van der Waals surface area contributed by atoms with Gasteiger partial charge in [-0.15, -0.1) is 0 Å². The molecule has 1 saturated heterocycles. The first-order chi connectivity index (χ1) is 9.66. The molecular formula is C15H20N2O3. The highest BCUT2D eigenvalue weighted by Gasteiger charge is 2.35. The van der Waals surface area contributed by atoms with Crippen molar-refractivity contribution in [3.05, 3.63) is 23.5 Å². The lowest BCUT2D eigenvalue weighted by Gasteiger charge is -2.45. The van der Waals surface area contributed by atoms with Crippen LogP contribution in [0.3, 0.4) is 0 Å². The number of anilines is 1. The minimum atomic E-state index is -0.911. The van der Waals surface area contributed by atoms with Gasteiger partial charge in [0.15, 0.2) is 0 Å². The van der Waals surface area contributed by atoms with E-state index in [-0.39, 0.29) is 6.10 Å². The zero-order valence-corrected chi connectivity index (χ0v) is 11.7. The fourth-order valence-corrected chi connectivity index (χ4v) is 3.34. The van der Waals surface area contributed by atoms with Gasteiger partial charge in [-0.25, -0.2) is 4.79 Å². The van der Waals surface area contributed by atoms with Crippen LogP contribution in [0.4, 0.5) is 5.69 Å². The summed E-state index contributed by atoms with van der Waals surface area (Å²) in [7, 11) is 0. The lowest BCUT2D eigenvalue weighted by Crippen LogP contribution is -2.53. The maximum Gasteiger partial charge on any atom is 0.339 e. The number of aryl methyl sites for hydroxylation is 1. The number of ether oxygens (including phenoxy) is 1. The topological polar surface area (TPSA) is 62.7 Å². The molecule has 108 valence electrons. The monoisotopic (exact) mass is 276 g/mol. The van der Waals surface area contributed by atoms with E-state index in [0.717, 1.165) is 30.8 Å². The molecule has 5 heteroatoms. The SMILES string of the molecule is Cc1cc(N2CCOC3CCCCC32)c(C(=O)O)cn1. The molecule has 2 heterocycles. The average Bonchev–Trinajstić information content (AvgIpc) is 2.46. The second-order valence-electron chi connectivity index (χ2n) is 5.60. The van der Waals surface area contributed by atoms with Gasteiger partial charge in [0.25, 0.3) is 0 Å². The molecule has 1 N–H and O–H groups in total. The van der Waals surface area contributed by atoms with Crippen molar-refractivity contribution in [1.29, 1.82) is 0 Å². The zero-order chi connectivity index (χ0) is 14.1. The van der Waals surface area contributed by atoms with Crippen molar-refractivity contribution >= 4 is 11.7 Å². The second-order valence-corrected chi connectivity index (χ2v) is 5.60. The molecule has 2 aliphatic rings. The van der Waals surface area contributed by atoms with E-state index in [9.17, 15) is 9.90 Å². The van der Waals surface area contributed by atoms with Crippen LogP contribution in [-0.2, 0) is 4.74 Å². The Labute approximate surface area is 118 Å². The van der Waals surface area contributed by atoms with Crippen molar-refractivity contribution in [2.24, 2.45) is 0 Å². The Balaban J connectivity index is 1.98. The lowest BCUT2D eigenvalue weighted by molar-refractivity contribution is -0.00879. The third-order valence-electron chi connectivity index (χ3n) is 4.29. The normalized spacial score (nSPS) is 26.1. The maximum atomic E-state index is 11.4. The number of morpholine rings is 1. The molecule has 20 heavy (non-hydrogen) atoms. The van der Waals surface area contributed by atoms with Crippen molar-refractivity contribution < 1.29 is 14.6 Å². The molecule has 1 aliphatic carbocycles. The van der Waals surface area contributed by atoms with Gasteiger partial charge in [0.1, 0.15) is 5.56 Å². The Morgan fingerprint density at radius 2 is 2.25 bits per heavy atom. The number of carboxylic acids is 1. The summed E-state index contributed by atoms with van der Waals surface area (Å²) < 4.78 is 5.86. The van der Waals surface area contributed by atoms with Gasteiger partial charge >= 0.3 is 5.97 Å². The number of hydrogen-bond acceptors (Lipinski definition) is 4. The number of fused-ring (bicyclic) bond motifs is 1. The molecule has 1 aliphatic heterocycles. The van der Waals surface area contributed by atoms with E-state index in [1.807, 2.05) is 13.0 Å². The van der Waals surface area contributed by atoms with Gasteiger partial charge in [-0.1, -0.05) is 12.8 Å². The zero-order valence-electron chi connectivity index (χ0n) is 11.7. The number of hydrogen-bond donors (Lipinski definition) is 1. The number of aromatic nitrogens is 1. The first-order valence-electron chi connectivity index (χ1n) is 7.25. The molecule has 1 aromatic rings. The molecule has 3 rings (SSSR count). The highest BCUT2D eigenvalue weighted by Crippen LogP contribution is 2.33. The Morgan fingerprint density at radius 3 is 3.05 bits per heavy atom. The van der Waals surface area contributed by atoms with Crippen LogP contribution >= 0.6 is 0 Å². The van der Waals surface area contributed by atoms with Crippen LogP contribution in [0.5, 0.6) is 0 Å². The van der Waals surface area contributed by atoms with E-state index in [1.54, 1.807) is 0 Å². The van der Waals surface area contributed by atoms with E-state index in [1.165, 1.54) is 19.0 Å². The quantitative estimate of drug-likeness (QED) is 0.897. The fourth-order valence-electron chi connectivity index (χ4n) is 3.34. The van der Waals surface area contributed by atoms with Gasteiger partial charge in [0.2, 0.25) is 0 Å². The number of nitrogens with zero attached hydrogens (tertiary/aromatic N) is 2. The molecule has 0 radical (unpaired) electrons. The summed E-state index contributed by atoms with van der Waals surface area (Å²) in [4.78, 5) is 17.8. The standard InChI is InChI=1S/C15H20N2O3/c1-10-8-13(11(9-16-10)15(18)19)17-6-7-20-14-5-3-2-4-12(14)17/h8-9,12,14H,2-7H2,1H3,(H,18,19). The predicted octanol–water partition coefficient (Wildman–Crippen LogP) is 2.24. The molecule has 1 aromatic heterocycles. The Hall–Kier alpha value is -1.62. The molecule has 1 saturated carbocycles. The predicted molar refractivity (Wildman–Crippen MR) is 75.3 cm³/mol. The summed E-state index contributed by atoms with van der Waals surface area (Å²) in [5, 5.41) is 9.39. The lowest BCUT2D eigenvalue weighted by atomic mass is 9.89. The summed E-state index contributed by atoms with van der Waals surface area (Å²) in [6, 6.07) is 2.19. The van der Waals surface area contributed by atoms with Crippen LogP contribution < -0.4 is 4.90 Å². The molecule has 0 amide bonds. The molecule has 0 aromatic carbocycles. The van der Waals surface area contributed by atoms with Crippen LogP contribution in [0.1, 0.15) is 41.7 Å². The summed E-state index contributed by atoms with van der Waals surface area (Å²) in [5.74, 6) is -0.911. The van der Waals surface area contributed by atoms with Crippen molar-refractivity contribution in [2.75, 3.05) is 18.1 Å². The van der Waals surface area contributed by atoms with E-state index in [0.29, 0.717) is 18.2 Å². The first-order valence-corrected chi connectivity index (χ1v) is 7.25. The third kappa shape index (κ3) is 2.38. The number of pyridine rings is 1. The van der Waals surface area contributed by atoms with Crippen LogP contribution in [0.2, 0.25) is 0 Å². The second kappa shape index (κ2) is 5.40. The van der Waals surface area contributed by atoms with Gasteiger partial charge in [-0.05, 0) is 25.8 Å². The van der Waals surface area contributed by atoms with Crippen LogP contribution in [0, 0.1) is 6.92 Å². The molecule has 5 nitrogen and oxygen atoms in total. The van der Waals surface area contributed by atoms with E-state index < -0.39 is 5.97 Å². The van der Waals surface area contributed by atoms with E-state index in [4.69, 9.17) is 4.74 Å². The summed E-state index contributed by atoms with van der Waals surface area (Å²) >= 11 is 0. The van der Waals surface area contributed by atoms with Crippen LogP contribution in [-0.4, -0.2) is 41.4 Å². The molecule has 2 unspecified atom stereocenters. The van der Waals surface area contributed by atoms with Crippen molar-refractivity contribution in [1.82, 2.24) is 4.98 Å². The van der Waals surface area contributed by atoms with E-state index in [2.05, 4.69) is 9.88 Å². The highest BCUT2D eigenvalue weighted by atomic mass is 16.5. The molecule has 0 bridgehead atoms. The average molecular weight is 276 g/mol. The Morgan fingerprint density at radius 1 is 1.45 bits per heavy atom. The number of carboxylic acid groups (broad SMARTS) is 1. The van der Waals surface area contributed by atoms with E-state index >= 15 is 0 Å². The smallest absolute Gasteiger partial charge is 0.339 e. The summed E-state index contributed by atoms with van der Waals surface area (Å²) in [5.41, 5.74) is 1.94. The van der Waals surface area contributed by atoms with Crippen molar-refractivity contribution in [2.45, 2.75) is 44.8 Å². The largest absolute Gasteiger partial charge is 0.478 e. The minimum Gasteiger partial charge on any atom is -0.478 e.